The molecular weight excluding hydrogens is 248 g/mol. The fraction of sp³-hybridized carbons (Fsp3) is 0.308. The summed E-state index contributed by atoms with van der Waals surface area (Å²) in [7, 11) is 0. The Morgan fingerprint density at radius 1 is 1.58 bits per heavy atom. The van der Waals surface area contributed by atoms with Gasteiger partial charge in [0.25, 0.3) is 11.6 Å². The Labute approximate surface area is 111 Å². The van der Waals surface area contributed by atoms with Crippen LogP contribution < -0.4 is 0 Å². The zero-order valence-electron chi connectivity index (χ0n) is 10.7. The number of hydrogen-bond donors (Lipinski definition) is 1. The van der Waals surface area contributed by atoms with Gasteiger partial charge < -0.3 is 10.0 Å². The minimum absolute atomic E-state index is 0.0281. The minimum atomic E-state index is -0.586. The quantitative estimate of drug-likeness (QED) is 0.479. The van der Waals surface area contributed by atoms with Gasteiger partial charge in [0.1, 0.15) is 5.56 Å². The summed E-state index contributed by atoms with van der Waals surface area (Å²) in [6.45, 7) is 5.40. The van der Waals surface area contributed by atoms with E-state index in [-0.39, 0.29) is 30.9 Å². The summed E-state index contributed by atoms with van der Waals surface area (Å²) >= 11 is 0. The van der Waals surface area contributed by atoms with Crippen LogP contribution in [0.5, 0.6) is 0 Å². The highest BCUT2D eigenvalue weighted by Crippen LogP contribution is 2.21. The first-order valence-electron chi connectivity index (χ1n) is 5.77. The first kappa shape index (κ1) is 14.8. The van der Waals surface area contributed by atoms with Gasteiger partial charge in [-0.15, -0.1) is 6.58 Å². The van der Waals surface area contributed by atoms with Crippen molar-refractivity contribution in [1.29, 1.82) is 0 Å². The Balaban J connectivity index is 3.18. The van der Waals surface area contributed by atoms with Crippen molar-refractivity contribution in [1.82, 2.24) is 4.90 Å². The molecule has 19 heavy (non-hydrogen) atoms. The number of nitro groups is 1. The van der Waals surface area contributed by atoms with Crippen LogP contribution in [0, 0.1) is 17.0 Å². The van der Waals surface area contributed by atoms with E-state index in [1.54, 1.807) is 13.0 Å². The maximum Gasteiger partial charge on any atom is 0.282 e. The average molecular weight is 264 g/mol. The summed E-state index contributed by atoms with van der Waals surface area (Å²) in [5, 5.41) is 19.9. The van der Waals surface area contributed by atoms with E-state index in [1.165, 1.54) is 23.1 Å². The molecule has 1 aromatic carbocycles. The molecule has 0 spiro atoms. The summed E-state index contributed by atoms with van der Waals surface area (Å²) in [5.41, 5.74) is 0.555. The molecule has 0 atom stereocenters. The molecular formula is C13H16N2O4. The van der Waals surface area contributed by atoms with Gasteiger partial charge in [-0.2, -0.15) is 0 Å². The number of aliphatic hydroxyl groups excluding tert-OH is 1. The average Bonchev–Trinajstić information content (AvgIpc) is 2.37. The summed E-state index contributed by atoms with van der Waals surface area (Å²) in [5.74, 6) is -0.482. The molecule has 0 saturated carbocycles. The summed E-state index contributed by atoms with van der Waals surface area (Å²) in [4.78, 5) is 23.9. The van der Waals surface area contributed by atoms with Crippen molar-refractivity contribution in [3.05, 3.63) is 52.1 Å². The van der Waals surface area contributed by atoms with Crippen LogP contribution in [0.15, 0.2) is 30.9 Å². The van der Waals surface area contributed by atoms with Crippen LogP contribution in [0.4, 0.5) is 5.69 Å². The second-order valence-electron chi connectivity index (χ2n) is 4.04. The fourth-order valence-electron chi connectivity index (χ4n) is 1.70. The van der Waals surface area contributed by atoms with E-state index in [4.69, 9.17) is 5.11 Å². The van der Waals surface area contributed by atoms with Gasteiger partial charge in [-0.05, 0) is 18.6 Å². The molecule has 0 aliphatic heterocycles. The number of carbonyl (C=O) groups excluding carboxylic acids is 1. The molecule has 1 rings (SSSR count). The van der Waals surface area contributed by atoms with E-state index in [0.29, 0.717) is 0 Å². The van der Waals surface area contributed by atoms with Crippen LogP contribution in [0.2, 0.25) is 0 Å². The number of nitro benzene ring substituents is 1. The van der Waals surface area contributed by atoms with E-state index >= 15 is 0 Å². The molecule has 1 N–H and O–H groups in total. The predicted molar refractivity (Wildman–Crippen MR) is 71.0 cm³/mol. The number of hydrogen-bond acceptors (Lipinski definition) is 4. The number of aliphatic hydroxyl groups is 1. The lowest BCUT2D eigenvalue weighted by Crippen LogP contribution is -2.34. The maximum atomic E-state index is 12.3. The largest absolute Gasteiger partial charge is 0.395 e. The van der Waals surface area contributed by atoms with E-state index < -0.39 is 10.8 Å². The minimum Gasteiger partial charge on any atom is -0.395 e. The van der Waals surface area contributed by atoms with E-state index in [0.717, 1.165) is 5.56 Å². The van der Waals surface area contributed by atoms with E-state index in [9.17, 15) is 14.9 Å². The third-order valence-corrected chi connectivity index (χ3v) is 2.59. The number of benzene rings is 1. The number of rotatable bonds is 6. The summed E-state index contributed by atoms with van der Waals surface area (Å²) in [6.07, 6.45) is 1.51. The van der Waals surface area contributed by atoms with Gasteiger partial charge in [0.05, 0.1) is 11.5 Å². The van der Waals surface area contributed by atoms with Crippen LogP contribution in [0.1, 0.15) is 15.9 Å². The lowest BCUT2D eigenvalue weighted by molar-refractivity contribution is -0.385. The van der Waals surface area contributed by atoms with Gasteiger partial charge in [-0.25, -0.2) is 0 Å². The van der Waals surface area contributed by atoms with Gasteiger partial charge in [-0.1, -0.05) is 12.1 Å². The number of aryl methyl sites for hydroxylation is 1. The lowest BCUT2D eigenvalue weighted by Gasteiger charge is -2.20. The standard InChI is InChI=1S/C13H16N2O4/c1-3-6-14(7-8-16)13(17)11-9-10(2)4-5-12(11)15(18)19/h3-5,9,16H,1,6-8H2,2H3. The van der Waals surface area contributed by atoms with Crippen LogP contribution in [0.25, 0.3) is 0 Å². The second kappa shape index (κ2) is 6.65. The highest BCUT2D eigenvalue weighted by Gasteiger charge is 2.23. The van der Waals surface area contributed by atoms with Crippen molar-refractivity contribution in [3.8, 4) is 0 Å². The number of amides is 1. The molecule has 0 aliphatic rings. The predicted octanol–water partition coefficient (Wildman–Crippen LogP) is 1.52. The molecule has 6 heteroatoms. The molecule has 0 bridgehead atoms. The molecule has 0 heterocycles. The zero-order chi connectivity index (χ0) is 14.4. The van der Waals surface area contributed by atoms with Gasteiger partial charge in [0.2, 0.25) is 0 Å². The Morgan fingerprint density at radius 2 is 2.26 bits per heavy atom. The highest BCUT2D eigenvalue weighted by atomic mass is 16.6. The van der Waals surface area contributed by atoms with Crippen molar-refractivity contribution in [2.45, 2.75) is 6.92 Å². The molecule has 102 valence electrons. The molecule has 0 saturated heterocycles. The van der Waals surface area contributed by atoms with Gasteiger partial charge in [0, 0.05) is 19.2 Å². The third-order valence-electron chi connectivity index (χ3n) is 2.59. The van der Waals surface area contributed by atoms with Crippen LogP contribution >= 0.6 is 0 Å². The van der Waals surface area contributed by atoms with E-state index in [1.807, 2.05) is 0 Å². The molecule has 1 amide bonds. The van der Waals surface area contributed by atoms with Crippen molar-refractivity contribution < 1.29 is 14.8 Å². The normalized spacial score (nSPS) is 10.0. The molecule has 1 aromatic rings. The smallest absolute Gasteiger partial charge is 0.282 e. The van der Waals surface area contributed by atoms with Crippen molar-refractivity contribution in [3.63, 3.8) is 0 Å². The molecule has 6 nitrogen and oxygen atoms in total. The molecule has 0 aliphatic carbocycles. The van der Waals surface area contributed by atoms with Crippen molar-refractivity contribution in [2.75, 3.05) is 19.7 Å². The summed E-state index contributed by atoms with van der Waals surface area (Å²) in [6, 6.07) is 4.38. The third kappa shape index (κ3) is 3.62. The van der Waals surface area contributed by atoms with Gasteiger partial charge >= 0.3 is 0 Å². The number of nitrogens with zero attached hydrogens (tertiary/aromatic N) is 2. The van der Waals surface area contributed by atoms with Crippen molar-refractivity contribution >= 4 is 11.6 Å². The van der Waals surface area contributed by atoms with Gasteiger partial charge in [0.15, 0.2) is 0 Å². The number of carbonyl (C=O) groups is 1. The molecule has 0 fully saturated rings. The Bertz CT molecular complexity index is 499. The van der Waals surface area contributed by atoms with Crippen LogP contribution in [0.3, 0.4) is 0 Å². The molecule has 0 aromatic heterocycles. The second-order valence-corrected chi connectivity index (χ2v) is 4.04. The Hall–Kier alpha value is -2.21. The fourth-order valence-corrected chi connectivity index (χ4v) is 1.70. The first-order valence-corrected chi connectivity index (χ1v) is 5.77. The van der Waals surface area contributed by atoms with Crippen molar-refractivity contribution in [2.24, 2.45) is 0 Å². The zero-order valence-corrected chi connectivity index (χ0v) is 10.7. The topological polar surface area (TPSA) is 83.7 Å². The lowest BCUT2D eigenvalue weighted by atomic mass is 10.1. The SMILES string of the molecule is C=CCN(CCO)C(=O)c1cc(C)ccc1[N+](=O)[O-]. The Kier molecular flexibility index (Phi) is 5.20. The monoisotopic (exact) mass is 264 g/mol. The highest BCUT2D eigenvalue weighted by molar-refractivity contribution is 5.98. The Morgan fingerprint density at radius 3 is 2.79 bits per heavy atom. The molecule has 0 unspecified atom stereocenters. The molecule has 0 radical (unpaired) electrons. The van der Waals surface area contributed by atoms with Crippen LogP contribution in [-0.4, -0.2) is 40.5 Å². The van der Waals surface area contributed by atoms with Crippen LogP contribution in [-0.2, 0) is 0 Å². The van der Waals surface area contributed by atoms with E-state index in [2.05, 4.69) is 6.58 Å². The summed E-state index contributed by atoms with van der Waals surface area (Å²) < 4.78 is 0. The maximum absolute atomic E-state index is 12.3. The first-order chi connectivity index (χ1) is 9.01. The van der Waals surface area contributed by atoms with Gasteiger partial charge in [-0.3, -0.25) is 14.9 Å².